The van der Waals surface area contributed by atoms with Crippen LogP contribution >= 0.6 is 0 Å². The largest absolute Gasteiger partial charge is 0.410 e. The van der Waals surface area contributed by atoms with E-state index in [2.05, 4.69) is 48.0 Å². The molecule has 0 radical (unpaired) electrons. The quantitative estimate of drug-likeness (QED) is 0.542. The van der Waals surface area contributed by atoms with Gasteiger partial charge in [-0.05, 0) is 23.1 Å². The second-order valence-corrected chi connectivity index (χ2v) is 7.56. The predicted molar refractivity (Wildman–Crippen MR) is 106 cm³/mol. The number of aromatic nitrogens is 3. The molecule has 0 saturated carbocycles. The first-order valence-electron chi connectivity index (χ1n) is 8.85. The van der Waals surface area contributed by atoms with Gasteiger partial charge in [0.25, 0.3) is 0 Å². The van der Waals surface area contributed by atoms with Crippen molar-refractivity contribution in [3.05, 3.63) is 54.1 Å². The molecule has 0 fully saturated rings. The van der Waals surface area contributed by atoms with Gasteiger partial charge < -0.3 is 20.0 Å². The highest BCUT2D eigenvalue weighted by Crippen LogP contribution is 2.30. The first-order valence-corrected chi connectivity index (χ1v) is 8.85. The van der Waals surface area contributed by atoms with Crippen molar-refractivity contribution in [2.45, 2.75) is 26.2 Å². The third-order valence-electron chi connectivity index (χ3n) is 4.48. The number of nitrogens with zero attached hydrogens (tertiary/aromatic N) is 2. The lowest BCUT2D eigenvalue weighted by atomic mass is 9.86. The molecule has 0 saturated heterocycles. The van der Waals surface area contributed by atoms with Crippen LogP contribution in [0.15, 0.2) is 53.1 Å². The number of aromatic amines is 1. The molecule has 4 rings (SSSR count). The van der Waals surface area contributed by atoms with E-state index in [1.54, 1.807) is 12.1 Å². The van der Waals surface area contributed by atoms with Gasteiger partial charge in [0.1, 0.15) is 11.2 Å². The van der Waals surface area contributed by atoms with Crippen LogP contribution in [0.25, 0.3) is 33.9 Å². The number of nitrogens with two attached hydrogens (primary N) is 1. The third-order valence-corrected chi connectivity index (χ3v) is 4.48. The summed E-state index contributed by atoms with van der Waals surface area (Å²) < 4.78 is 10.5. The second-order valence-electron chi connectivity index (χ2n) is 7.56. The number of benzene rings is 2. The zero-order chi connectivity index (χ0) is 19.9. The van der Waals surface area contributed by atoms with Crippen LogP contribution in [0, 0.1) is 0 Å². The van der Waals surface area contributed by atoms with Gasteiger partial charge in [-0.2, -0.15) is 0 Å². The summed E-state index contributed by atoms with van der Waals surface area (Å²) in [6, 6.07) is 15.3. The summed E-state index contributed by atoms with van der Waals surface area (Å²) in [5, 5.41) is 4.16. The van der Waals surface area contributed by atoms with Crippen molar-refractivity contribution in [2.24, 2.45) is 5.73 Å². The Morgan fingerprint density at radius 1 is 1.14 bits per heavy atom. The van der Waals surface area contributed by atoms with E-state index in [9.17, 15) is 4.79 Å². The number of nitrogens with one attached hydrogen (secondary N) is 1. The van der Waals surface area contributed by atoms with Crippen molar-refractivity contribution in [1.82, 2.24) is 15.1 Å². The number of para-hydroxylation sites is 1. The lowest BCUT2D eigenvalue weighted by Crippen LogP contribution is -2.16. The van der Waals surface area contributed by atoms with Gasteiger partial charge >= 0.3 is 6.09 Å². The van der Waals surface area contributed by atoms with Crippen LogP contribution in [0.1, 0.15) is 26.3 Å². The van der Waals surface area contributed by atoms with Crippen LogP contribution in [0.3, 0.4) is 0 Å². The summed E-state index contributed by atoms with van der Waals surface area (Å²) in [5.74, 6) is 1.25. The molecular weight excluding hydrogens is 356 g/mol. The van der Waals surface area contributed by atoms with Crippen molar-refractivity contribution in [1.29, 1.82) is 0 Å². The molecule has 2 heterocycles. The molecule has 142 valence electrons. The van der Waals surface area contributed by atoms with Crippen molar-refractivity contribution in [3.63, 3.8) is 0 Å². The average Bonchev–Trinajstić information content (AvgIpc) is 3.28. The first kappa shape index (κ1) is 17.8. The number of imidazole rings is 1. The molecule has 7 heteroatoms. The molecule has 0 spiro atoms. The van der Waals surface area contributed by atoms with Gasteiger partial charge in [-0.1, -0.05) is 56.3 Å². The van der Waals surface area contributed by atoms with Gasteiger partial charge in [0.05, 0.1) is 5.52 Å². The maximum Gasteiger partial charge on any atom is 0.410 e. The molecule has 7 nitrogen and oxygen atoms in total. The maximum absolute atomic E-state index is 11.1. The van der Waals surface area contributed by atoms with Crippen LogP contribution in [0.4, 0.5) is 4.79 Å². The fourth-order valence-corrected chi connectivity index (χ4v) is 2.98. The zero-order valence-electron chi connectivity index (χ0n) is 15.8. The van der Waals surface area contributed by atoms with Gasteiger partial charge in [-0.3, -0.25) is 0 Å². The van der Waals surface area contributed by atoms with E-state index in [1.807, 2.05) is 24.3 Å². The number of hydrogen-bond acceptors (Lipinski definition) is 5. The Balaban J connectivity index is 1.67. The fraction of sp³-hybridized carbons (Fsp3) is 0.190. The van der Waals surface area contributed by atoms with Crippen LogP contribution in [-0.4, -0.2) is 21.2 Å². The van der Waals surface area contributed by atoms with E-state index in [1.165, 1.54) is 5.56 Å². The third kappa shape index (κ3) is 3.34. The van der Waals surface area contributed by atoms with Crippen LogP contribution in [-0.2, 0) is 5.41 Å². The summed E-state index contributed by atoms with van der Waals surface area (Å²) in [4.78, 5) is 18.7. The van der Waals surface area contributed by atoms with Gasteiger partial charge in [0.15, 0.2) is 11.6 Å². The zero-order valence-corrected chi connectivity index (χ0v) is 15.8. The first-order chi connectivity index (χ1) is 13.3. The fourth-order valence-electron chi connectivity index (χ4n) is 2.98. The Bertz CT molecular complexity index is 1150. The maximum atomic E-state index is 11.1. The van der Waals surface area contributed by atoms with E-state index in [-0.39, 0.29) is 11.2 Å². The number of amides is 1. The van der Waals surface area contributed by atoms with Crippen LogP contribution in [0.5, 0.6) is 5.75 Å². The molecular formula is C21H20N4O3. The summed E-state index contributed by atoms with van der Waals surface area (Å²) in [6.07, 6.45) is -0.891. The molecule has 3 N–H and O–H groups in total. The molecule has 0 bridgehead atoms. The molecule has 2 aromatic heterocycles. The Morgan fingerprint density at radius 2 is 1.89 bits per heavy atom. The SMILES string of the molecule is CC(C)(C)c1ccc(-c2cc(-c3nc4c(OC(N)=O)cccc4[nH]3)on2)cc1. The average molecular weight is 376 g/mol. The number of carbonyl (C=O) groups excluding carboxylic acids is 1. The van der Waals surface area contributed by atoms with Crippen LogP contribution < -0.4 is 10.5 Å². The highest BCUT2D eigenvalue weighted by molar-refractivity contribution is 5.86. The number of ether oxygens (including phenoxy) is 1. The summed E-state index contributed by atoms with van der Waals surface area (Å²) in [5.41, 5.74) is 9.30. The topological polar surface area (TPSA) is 107 Å². The minimum atomic E-state index is -0.891. The molecule has 4 aromatic rings. The lowest BCUT2D eigenvalue weighted by molar-refractivity contribution is 0.211. The molecule has 0 aliphatic heterocycles. The molecule has 0 aliphatic carbocycles. The number of primary amides is 1. The number of carbonyl (C=O) groups is 1. The monoisotopic (exact) mass is 376 g/mol. The van der Waals surface area contributed by atoms with E-state index in [0.717, 1.165) is 5.56 Å². The lowest BCUT2D eigenvalue weighted by Gasteiger charge is -2.18. The second kappa shape index (κ2) is 6.53. The summed E-state index contributed by atoms with van der Waals surface area (Å²) in [7, 11) is 0. The van der Waals surface area contributed by atoms with Crippen molar-refractivity contribution < 1.29 is 14.1 Å². The van der Waals surface area contributed by atoms with Gasteiger partial charge in [0, 0.05) is 11.6 Å². The Labute approximate surface area is 161 Å². The molecule has 2 aromatic carbocycles. The van der Waals surface area contributed by atoms with E-state index in [4.69, 9.17) is 15.0 Å². The minimum Gasteiger partial charge on any atom is -0.408 e. The molecule has 0 atom stereocenters. The standard InChI is InChI=1S/C21H20N4O3/c1-21(2,3)13-9-7-12(8-10-13)15-11-17(28-25-15)19-23-14-5-4-6-16(18(14)24-19)27-20(22)26/h4-11H,1-3H3,(H2,22,26)(H,23,24). The highest BCUT2D eigenvalue weighted by Gasteiger charge is 2.17. The summed E-state index contributed by atoms with van der Waals surface area (Å²) >= 11 is 0. The van der Waals surface area contributed by atoms with Crippen molar-refractivity contribution in [2.75, 3.05) is 0 Å². The molecule has 1 amide bonds. The Hall–Kier alpha value is -3.61. The van der Waals surface area contributed by atoms with E-state index >= 15 is 0 Å². The van der Waals surface area contributed by atoms with E-state index in [0.29, 0.717) is 28.3 Å². The highest BCUT2D eigenvalue weighted by atomic mass is 16.5. The number of rotatable bonds is 3. The molecule has 0 aliphatic rings. The van der Waals surface area contributed by atoms with E-state index < -0.39 is 6.09 Å². The number of H-pyrrole nitrogens is 1. The van der Waals surface area contributed by atoms with Crippen molar-refractivity contribution >= 4 is 17.1 Å². The van der Waals surface area contributed by atoms with Gasteiger partial charge in [-0.25, -0.2) is 9.78 Å². The summed E-state index contributed by atoms with van der Waals surface area (Å²) in [6.45, 7) is 6.52. The Morgan fingerprint density at radius 3 is 2.57 bits per heavy atom. The normalized spacial score (nSPS) is 11.7. The van der Waals surface area contributed by atoms with Crippen molar-refractivity contribution in [3.8, 4) is 28.6 Å². The minimum absolute atomic E-state index is 0.0898. The Kier molecular flexibility index (Phi) is 4.15. The smallest absolute Gasteiger partial charge is 0.408 e. The van der Waals surface area contributed by atoms with Crippen LogP contribution in [0.2, 0.25) is 0 Å². The number of hydrogen-bond donors (Lipinski definition) is 2. The van der Waals surface area contributed by atoms with Gasteiger partial charge in [0.2, 0.25) is 5.76 Å². The molecule has 0 unspecified atom stereocenters. The number of fused-ring (bicyclic) bond motifs is 1. The van der Waals surface area contributed by atoms with Gasteiger partial charge in [-0.15, -0.1) is 0 Å². The molecule has 28 heavy (non-hydrogen) atoms. The predicted octanol–water partition coefficient (Wildman–Crippen LogP) is 4.64.